The summed E-state index contributed by atoms with van der Waals surface area (Å²) in [5.74, 6) is -0.189. The summed E-state index contributed by atoms with van der Waals surface area (Å²) in [6, 6.07) is 3.42. The fourth-order valence-corrected chi connectivity index (χ4v) is 1.10. The fourth-order valence-electron chi connectivity index (χ4n) is 0.924. The molecule has 0 amide bonds. The molecule has 0 saturated heterocycles. The molecule has 0 saturated carbocycles. The van der Waals surface area contributed by atoms with Gasteiger partial charge in [0, 0.05) is 6.20 Å². The van der Waals surface area contributed by atoms with Crippen LogP contribution in [0.3, 0.4) is 0 Å². The molecular weight excluding hydrogens is 178 g/mol. The molecule has 2 aromatic rings. The SMILES string of the molecule is Oc1nc(Cl)nc2cccnc12. The minimum atomic E-state index is -0.189. The quantitative estimate of drug-likeness (QED) is 0.624. The van der Waals surface area contributed by atoms with Crippen molar-refractivity contribution in [2.24, 2.45) is 0 Å². The lowest BCUT2D eigenvalue weighted by atomic mass is 10.4. The number of rotatable bonds is 0. The van der Waals surface area contributed by atoms with Crippen LogP contribution in [0.25, 0.3) is 11.0 Å². The Labute approximate surface area is 72.9 Å². The second-order valence-electron chi connectivity index (χ2n) is 2.19. The largest absolute Gasteiger partial charge is 0.492 e. The molecule has 2 aromatic heterocycles. The van der Waals surface area contributed by atoms with E-state index in [4.69, 9.17) is 11.6 Å². The van der Waals surface area contributed by atoms with Crippen molar-refractivity contribution in [2.75, 3.05) is 0 Å². The standard InChI is InChI=1S/C7H4ClN3O/c8-7-10-4-2-1-3-9-5(4)6(12)11-7/h1-3H,(H,10,11,12). The molecule has 4 nitrogen and oxygen atoms in total. The van der Waals surface area contributed by atoms with Crippen LogP contribution < -0.4 is 0 Å². The van der Waals surface area contributed by atoms with E-state index in [1.807, 2.05) is 0 Å². The summed E-state index contributed by atoms with van der Waals surface area (Å²) in [4.78, 5) is 11.3. The molecule has 60 valence electrons. The van der Waals surface area contributed by atoms with Gasteiger partial charge in [0.15, 0.2) is 5.52 Å². The fraction of sp³-hybridized carbons (Fsp3) is 0. The van der Waals surface area contributed by atoms with Gasteiger partial charge in [0.05, 0.1) is 5.52 Å². The van der Waals surface area contributed by atoms with Crippen molar-refractivity contribution in [3.8, 4) is 5.88 Å². The van der Waals surface area contributed by atoms with Crippen LogP contribution in [-0.2, 0) is 0 Å². The number of nitrogens with zero attached hydrogens (tertiary/aromatic N) is 3. The summed E-state index contributed by atoms with van der Waals surface area (Å²) in [5, 5.41) is 9.28. The Morgan fingerprint density at radius 3 is 3.00 bits per heavy atom. The van der Waals surface area contributed by atoms with Crippen molar-refractivity contribution in [3.05, 3.63) is 23.6 Å². The molecule has 1 N–H and O–H groups in total. The number of hydrogen-bond acceptors (Lipinski definition) is 4. The highest BCUT2D eigenvalue weighted by Gasteiger charge is 2.04. The van der Waals surface area contributed by atoms with Crippen LogP contribution in [0, 0.1) is 0 Å². The van der Waals surface area contributed by atoms with Crippen molar-refractivity contribution in [1.29, 1.82) is 0 Å². The number of halogens is 1. The van der Waals surface area contributed by atoms with Gasteiger partial charge in [-0.1, -0.05) is 0 Å². The molecule has 12 heavy (non-hydrogen) atoms. The first-order valence-electron chi connectivity index (χ1n) is 3.24. The van der Waals surface area contributed by atoms with Crippen molar-refractivity contribution < 1.29 is 5.11 Å². The van der Waals surface area contributed by atoms with Crippen LogP contribution in [0.1, 0.15) is 0 Å². The maximum Gasteiger partial charge on any atom is 0.242 e. The van der Waals surface area contributed by atoms with Crippen LogP contribution in [-0.4, -0.2) is 20.1 Å². The van der Waals surface area contributed by atoms with Crippen LogP contribution in [0.5, 0.6) is 5.88 Å². The Hall–Kier alpha value is -1.42. The van der Waals surface area contributed by atoms with Gasteiger partial charge in [0.1, 0.15) is 0 Å². The second kappa shape index (κ2) is 2.57. The van der Waals surface area contributed by atoms with E-state index in [0.29, 0.717) is 11.0 Å². The Bertz CT molecular complexity index is 432. The van der Waals surface area contributed by atoms with Crippen LogP contribution >= 0.6 is 11.6 Å². The highest BCUT2D eigenvalue weighted by Crippen LogP contribution is 2.19. The zero-order chi connectivity index (χ0) is 8.55. The Balaban J connectivity index is 2.89. The third-order valence-electron chi connectivity index (χ3n) is 1.41. The number of aromatic nitrogens is 3. The molecular formula is C7H4ClN3O. The first-order valence-corrected chi connectivity index (χ1v) is 3.62. The summed E-state index contributed by atoms with van der Waals surface area (Å²) >= 11 is 5.51. The van der Waals surface area contributed by atoms with E-state index in [1.54, 1.807) is 18.3 Å². The lowest BCUT2D eigenvalue weighted by Crippen LogP contribution is -1.87. The van der Waals surface area contributed by atoms with Crippen molar-refractivity contribution in [1.82, 2.24) is 15.0 Å². The molecule has 0 spiro atoms. The molecule has 2 heterocycles. The molecule has 0 radical (unpaired) electrons. The third-order valence-corrected chi connectivity index (χ3v) is 1.58. The average molecular weight is 182 g/mol. The van der Waals surface area contributed by atoms with Crippen molar-refractivity contribution >= 4 is 22.6 Å². The molecule has 0 fully saturated rings. The van der Waals surface area contributed by atoms with E-state index in [-0.39, 0.29) is 11.2 Å². The van der Waals surface area contributed by atoms with E-state index in [0.717, 1.165) is 0 Å². The molecule has 0 aliphatic rings. The second-order valence-corrected chi connectivity index (χ2v) is 2.53. The number of aromatic hydroxyl groups is 1. The molecule has 0 aliphatic heterocycles. The summed E-state index contributed by atoms with van der Waals surface area (Å²) in [6.45, 7) is 0. The van der Waals surface area contributed by atoms with E-state index in [2.05, 4.69) is 15.0 Å². The predicted octanol–water partition coefficient (Wildman–Crippen LogP) is 1.38. The highest BCUT2D eigenvalue weighted by atomic mass is 35.5. The van der Waals surface area contributed by atoms with Crippen molar-refractivity contribution in [2.45, 2.75) is 0 Å². The molecule has 0 atom stereocenters. The van der Waals surface area contributed by atoms with Gasteiger partial charge in [0.2, 0.25) is 11.2 Å². The summed E-state index contributed by atoms with van der Waals surface area (Å²) in [6.07, 6.45) is 1.55. The van der Waals surface area contributed by atoms with E-state index >= 15 is 0 Å². The highest BCUT2D eigenvalue weighted by molar-refractivity contribution is 6.28. The zero-order valence-electron chi connectivity index (χ0n) is 5.90. The van der Waals surface area contributed by atoms with Gasteiger partial charge in [-0.2, -0.15) is 4.98 Å². The number of fused-ring (bicyclic) bond motifs is 1. The molecule has 0 bridgehead atoms. The normalized spacial score (nSPS) is 10.4. The lowest BCUT2D eigenvalue weighted by molar-refractivity contribution is 0.458. The van der Waals surface area contributed by atoms with Crippen molar-refractivity contribution in [3.63, 3.8) is 0 Å². The monoisotopic (exact) mass is 181 g/mol. The lowest BCUT2D eigenvalue weighted by Gasteiger charge is -1.97. The first-order chi connectivity index (χ1) is 5.77. The zero-order valence-corrected chi connectivity index (χ0v) is 6.65. The van der Waals surface area contributed by atoms with Gasteiger partial charge in [-0.05, 0) is 23.7 Å². The summed E-state index contributed by atoms with van der Waals surface area (Å²) in [7, 11) is 0. The minimum absolute atomic E-state index is 0.0213. The Kier molecular flexibility index (Phi) is 1.55. The smallest absolute Gasteiger partial charge is 0.242 e. The molecule has 0 aromatic carbocycles. The van der Waals surface area contributed by atoms with Gasteiger partial charge in [-0.15, -0.1) is 0 Å². The topological polar surface area (TPSA) is 58.9 Å². The van der Waals surface area contributed by atoms with Crippen LogP contribution in [0.4, 0.5) is 0 Å². The first kappa shape index (κ1) is 7.24. The van der Waals surface area contributed by atoms with Crippen LogP contribution in [0.15, 0.2) is 18.3 Å². The average Bonchev–Trinajstić information content (AvgIpc) is 2.04. The maximum atomic E-state index is 9.25. The third kappa shape index (κ3) is 1.06. The predicted molar refractivity (Wildman–Crippen MR) is 44.0 cm³/mol. The Morgan fingerprint density at radius 1 is 1.33 bits per heavy atom. The minimum Gasteiger partial charge on any atom is -0.492 e. The van der Waals surface area contributed by atoms with E-state index in [9.17, 15) is 5.11 Å². The molecule has 2 rings (SSSR count). The van der Waals surface area contributed by atoms with E-state index in [1.165, 1.54) is 0 Å². The summed E-state index contributed by atoms with van der Waals surface area (Å²) in [5.41, 5.74) is 0.900. The molecule has 0 aliphatic carbocycles. The van der Waals surface area contributed by atoms with Crippen LogP contribution in [0.2, 0.25) is 5.28 Å². The molecule has 0 unspecified atom stereocenters. The Morgan fingerprint density at radius 2 is 2.17 bits per heavy atom. The van der Waals surface area contributed by atoms with Gasteiger partial charge in [0.25, 0.3) is 0 Å². The summed E-state index contributed by atoms with van der Waals surface area (Å²) < 4.78 is 0. The van der Waals surface area contributed by atoms with Gasteiger partial charge in [-0.25, -0.2) is 9.97 Å². The van der Waals surface area contributed by atoms with Gasteiger partial charge >= 0.3 is 0 Å². The number of hydrogen-bond donors (Lipinski definition) is 1. The number of pyridine rings is 1. The maximum absolute atomic E-state index is 9.25. The van der Waals surface area contributed by atoms with Gasteiger partial charge in [-0.3, -0.25) is 0 Å². The molecule has 5 heteroatoms. The van der Waals surface area contributed by atoms with E-state index < -0.39 is 0 Å². The van der Waals surface area contributed by atoms with Gasteiger partial charge < -0.3 is 5.11 Å².